The number of aromatic nitrogens is 2. The molecule has 3 aromatic rings. The van der Waals surface area contributed by atoms with E-state index in [4.69, 9.17) is 0 Å². The fraction of sp³-hybridized carbons (Fsp3) is 0.118. The Morgan fingerprint density at radius 2 is 1.90 bits per heavy atom. The van der Waals surface area contributed by atoms with Crippen LogP contribution in [0.15, 0.2) is 65.3 Å². The lowest BCUT2D eigenvalue weighted by atomic mass is 10.2. The van der Waals surface area contributed by atoms with E-state index in [-0.39, 0.29) is 0 Å². The van der Waals surface area contributed by atoms with Crippen LogP contribution in [0.2, 0.25) is 0 Å². The largest absolute Gasteiger partial charge is 0.351 e. The van der Waals surface area contributed by atoms with Crippen molar-refractivity contribution in [2.45, 2.75) is 13.5 Å². The highest BCUT2D eigenvalue weighted by Crippen LogP contribution is 2.18. The number of hydrogen-bond donors (Lipinski definition) is 1. The van der Waals surface area contributed by atoms with Crippen molar-refractivity contribution in [2.24, 2.45) is 0 Å². The van der Waals surface area contributed by atoms with E-state index in [2.05, 4.69) is 55.1 Å². The Labute approximate surface area is 132 Å². The molecule has 4 heteroatoms. The molecule has 0 spiro atoms. The molecular formula is C17H16BrN3. The Kier molecular flexibility index (Phi) is 4.06. The Bertz CT molecular complexity index is 735. The molecule has 0 radical (unpaired) electrons. The van der Waals surface area contributed by atoms with Gasteiger partial charge in [-0.1, -0.05) is 46.3 Å². The molecule has 3 rings (SSSR count). The van der Waals surface area contributed by atoms with Gasteiger partial charge in [0.2, 0.25) is 5.95 Å². The first-order valence-corrected chi connectivity index (χ1v) is 7.61. The predicted molar refractivity (Wildman–Crippen MR) is 89.8 cm³/mol. The molecule has 1 aromatic heterocycles. The highest BCUT2D eigenvalue weighted by atomic mass is 79.9. The molecule has 1 heterocycles. The van der Waals surface area contributed by atoms with Crippen molar-refractivity contribution >= 4 is 21.9 Å². The summed E-state index contributed by atoms with van der Waals surface area (Å²) in [5.41, 5.74) is 3.31. The van der Waals surface area contributed by atoms with E-state index in [1.165, 1.54) is 5.56 Å². The number of para-hydroxylation sites is 1. The van der Waals surface area contributed by atoms with Crippen molar-refractivity contribution in [3.8, 4) is 5.69 Å². The molecular weight excluding hydrogens is 326 g/mol. The fourth-order valence-electron chi connectivity index (χ4n) is 2.24. The number of imidazole rings is 1. The molecule has 0 amide bonds. The zero-order valence-corrected chi connectivity index (χ0v) is 13.3. The molecule has 0 atom stereocenters. The van der Waals surface area contributed by atoms with Gasteiger partial charge in [0.1, 0.15) is 0 Å². The van der Waals surface area contributed by atoms with Crippen molar-refractivity contribution in [1.29, 1.82) is 0 Å². The quantitative estimate of drug-likeness (QED) is 0.754. The van der Waals surface area contributed by atoms with E-state index < -0.39 is 0 Å². The molecule has 0 saturated heterocycles. The van der Waals surface area contributed by atoms with Gasteiger partial charge in [-0.15, -0.1) is 0 Å². The second kappa shape index (κ2) is 6.14. The molecule has 3 nitrogen and oxygen atoms in total. The minimum atomic E-state index is 0.739. The van der Waals surface area contributed by atoms with Crippen LogP contribution in [0.1, 0.15) is 11.3 Å². The second-order valence-corrected chi connectivity index (χ2v) is 5.81. The van der Waals surface area contributed by atoms with Crippen molar-refractivity contribution in [3.63, 3.8) is 0 Å². The maximum atomic E-state index is 4.56. The summed E-state index contributed by atoms with van der Waals surface area (Å²) in [5, 5.41) is 3.41. The summed E-state index contributed by atoms with van der Waals surface area (Å²) < 4.78 is 3.16. The second-order valence-electron chi connectivity index (χ2n) is 4.89. The third-order valence-electron chi connectivity index (χ3n) is 3.20. The molecule has 0 aliphatic carbocycles. The summed E-state index contributed by atoms with van der Waals surface area (Å²) in [6.45, 7) is 2.74. The van der Waals surface area contributed by atoms with Gasteiger partial charge in [0.05, 0.1) is 5.69 Å². The molecule has 0 aliphatic rings. The summed E-state index contributed by atoms with van der Waals surface area (Å²) in [4.78, 5) is 4.56. The Hall–Kier alpha value is -2.07. The molecule has 21 heavy (non-hydrogen) atoms. The average Bonchev–Trinajstić information content (AvgIpc) is 2.87. The highest BCUT2D eigenvalue weighted by molar-refractivity contribution is 9.10. The van der Waals surface area contributed by atoms with Gasteiger partial charge in [-0.2, -0.15) is 0 Å². The SMILES string of the molecule is Cc1cn(-c2ccccc2)c(NCc2cccc(Br)c2)n1. The molecule has 0 fully saturated rings. The van der Waals surface area contributed by atoms with Crippen LogP contribution in [0.5, 0.6) is 0 Å². The van der Waals surface area contributed by atoms with Crippen molar-refractivity contribution < 1.29 is 0 Å². The zero-order valence-electron chi connectivity index (χ0n) is 11.8. The van der Waals surface area contributed by atoms with Crippen LogP contribution in [0.3, 0.4) is 0 Å². The van der Waals surface area contributed by atoms with E-state index in [1.807, 2.05) is 43.5 Å². The van der Waals surface area contributed by atoms with Gasteiger partial charge in [0, 0.05) is 22.9 Å². The number of nitrogens with zero attached hydrogens (tertiary/aromatic N) is 2. The lowest BCUT2D eigenvalue weighted by Crippen LogP contribution is -2.06. The Morgan fingerprint density at radius 1 is 1.10 bits per heavy atom. The van der Waals surface area contributed by atoms with Crippen LogP contribution >= 0.6 is 15.9 Å². The monoisotopic (exact) mass is 341 g/mol. The first-order chi connectivity index (χ1) is 10.2. The molecule has 1 N–H and O–H groups in total. The van der Waals surface area contributed by atoms with Crippen molar-refractivity contribution in [2.75, 3.05) is 5.32 Å². The third kappa shape index (κ3) is 3.34. The first kappa shape index (κ1) is 13.9. The van der Waals surface area contributed by atoms with E-state index in [0.29, 0.717) is 0 Å². The van der Waals surface area contributed by atoms with Gasteiger partial charge in [-0.25, -0.2) is 4.98 Å². The lowest BCUT2D eigenvalue weighted by Gasteiger charge is -2.10. The topological polar surface area (TPSA) is 29.9 Å². The van der Waals surface area contributed by atoms with Crippen LogP contribution in [0, 0.1) is 6.92 Å². The number of hydrogen-bond acceptors (Lipinski definition) is 2. The maximum Gasteiger partial charge on any atom is 0.208 e. The number of anilines is 1. The van der Waals surface area contributed by atoms with Crippen molar-refractivity contribution in [3.05, 3.63) is 76.5 Å². The molecule has 0 bridgehead atoms. The van der Waals surface area contributed by atoms with Crippen LogP contribution in [-0.4, -0.2) is 9.55 Å². The summed E-state index contributed by atoms with van der Waals surface area (Å²) >= 11 is 3.50. The lowest BCUT2D eigenvalue weighted by molar-refractivity contribution is 1.00. The van der Waals surface area contributed by atoms with Gasteiger partial charge in [-0.3, -0.25) is 4.57 Å². The Morgan fingerprint density at radius 3 is 2.67 bits per heavy atom. The van der Waals surface area contributed by atoms with Crippen LogP contribution in [-0.2, 0) is 6.54 Å². The summed E-state index contributed by atoms with van der Waals surface area (Å²) in [5.74, 6) is 0.860. The van der Waals surface area contributed by atoms with Gasteiger partial charge in [0.15, 0.2) is 0 Å². The van der Waals surface area contributed by atoms with E-state index in [1.54, 1.807) is 0 Å². The number of benzene rings is 2. The maximum absolute atomic E-state index is 4.56. The van der Waals surface area contributed by atoms with Gasteiger partial charge in [-0.05, 0) is 36.8 Å². The predicted octanol–water partition coefficient (Wildman–Crippen LogP) is 4.56. The number of aryl methyl sites for hydroxylation is 1. The molecule has 2 aromatic carbocycles. The minimum absolute atomic E-state index is 0.739. The summed E-state index contributed by atoms with van der Waals surface area (Å²) in [6, 6.07) is 18.5. The molecule has 0 aliphatic heterocycles. The van der Waals surface area contributed by atoms with Crippen molar-refractivity contribution in [1.82, 2.24) is 9.55 Å². The van der Waals surface area contributed by atoms with Gasteiger partial charge >= 0.3 is 0 Å². The number of halogens is 1. The zero-order chi connectivity index (χ0) is 14.7. The van der Waals surface area contributed by atoms with E-state index >= 15 is 0 Å². The standard InChI is InChI=1S/C17H16BrN3/c1-13-12-21(16-8-3-2-4-9-16)17(20-13)19-11-14-6-5-7-15(18)10-14/h2-10,12H,11H2,1H3,(H,19,20). The van der Waals surface area contributed by atoms with Crippen LogP contribution < -0.4 is 5.32 Å². The Balaban J connectivity index is 1.83. The van der Waals surface area contributed by atoms with E-state index in [0.717, 1.165) is 28.3 Å². The third-order valence-corrected chi connectivity index (χ3v) is 3.69. The molecule has 0 unspecified atom stereocenters. The average molecular weight is 342 g/mol. The first-order valence-electron chi connectivity index (χ1n) is 6.82. The van der Waals surface area contributed by atoms with Gasteiger partial charge < -0.3 is 5.32 Å². The smallest absolute Gasteiger partial charge is 0.208 e. The normalized spacial score (nSPS) is 10.6. The molecule has 0 saturated carbocycles. The highest BCUT2D eigenvalue weighted by Gasteiger charge is 2.07. The number of rotatable bonds is 4. The molecule has 106 valence electrons. The minimum Gasteiger partial charge on any atom is -0.351 e. The number of nitrogens with one attached hydrogen (secondary N) is 1. The van der Waals surface area contributed by atoms with Crippen LogP contribution in [0.25, 0.3) is 5.69 Å². The van der Waals surface area contributed by atoms with E-state index in [9.17, 15) is 0 Å². The fourth-order valence-corrected chi connectivity index (χ4v) is 2.68. The van der Waals surface area contributed by atoms with Gasteiger partial charge in [0.25, 0.3) is 0 Å². The summed E-state index contributed by atoms with van der Waals surface area (Å²) in [6.07, 6.45) is 2.04. The van der Waals surface area contributed by atoms with Crippen LogP contribution in [0.4, 0.5) is 5.95 Å². The summed E-state index contributed by atoms with van der Waals surface area (Å²) in [7, 11) is 0.